The zero-order chi connectivity index (χ0) is 26.8. The van der Waals surface area contributed by atoms with Crippen molar-refractivity contribution in [1.82, 2.24) is 5.32 Å². The standard InChI is InChI=1S/C27H30Cl2F2N2O3/c1-25(2,3)12-17-27(14-10-11-16(29)20(31)21(14)33-24(27)35)18(13-8-7-9-15(28)19(13)30)22(32-17)23(34)36-26(4,5)6/h7-11,17-18,22,32H,12H2,1-6H3,(H,33,35)/t17-,18-,22+,27?/m0/s1. The van der Waals surface area contributed by atoms with E-state index in [4.69, 9.17) is 27.9 Å². The third-order valence-electron chi connectivity index (χ3n) is 6.70. The van der Waals surface area contributed by atoms with Crippen molar-refractivity contribution in [2.75, 3.05) is 5.32 Å². The number of fused-ring (bicyclic) bond motifs is 2. The lowest BCUT2D eigenvalue weighted by atomic mass is 9.62. The van der Waals surface area contributed by atoms with Crippen LogP contribution in [0.1, 0.15) is 65.0 Å². The summed E-state index contributed by atoms with van der Waals surface area (Å²) in [5, 5.41) is 5.65. The third-order valence-corrected chi connectivity index (χ3v) is 7.29. The van der Waals surface area contributed by atoms with Crippen LogP contribution in [-0.2, 0) is 19.7 Å². The highest BCUT2D eigenvalue weighted by molar-refractivity contribution is 6.31. The maximum Gasteiger partial charge on any atom is 0.324 e. The van der Waals surface area contributed by atoms with Crippen LogP contribution in [-0.4, -0.2) is 29.6 Å². The molecule has 9 heteroatoms. The Bertz CT molecular complexity index is 1240. The minimum absolute atomic E-state index is 0.0644. The fourth-order valence-corrected chi connectivity index (χ4v) is 5.86. The van der Waals surface area contributed by atoms with E-state index in [1.54, 1.807) is 32.9 Å². The number of hydrogen-bond acceptors (Lipinski definition) is 4. The van der Waals surface area contributed by atoms with Gasteiger partial charge < -0.3 is 10.1 Å². The van der Waals surface area contributed by atoms with Gasteiger partial charge >= 0.3 is 5.97 Å². The maximum atomic E-state index is 15.6. The van der Waals surface area contributed by atoms with Crippen molar-refractivity contribution >= 4 is 40.8 Å². The molecule has 5 nitrogen and oxygen atoms in total. The first-order valence-electron chi connectivity index (χ1n) is 11.8. The highest BCUT2D eigenvalue weighted by Crippen LogP contribution is 2.58. The van der Waals surface area contributed by atoms with Crippen LogP contribution >= 0.6 is 23.2 Å². The van der Waals surface area contributed by atoms with E-state index in [1.165, 1.54) is 18.2 Å². The van der Waals surface area contributed by atoms with Crippen molar-refractivity contribution in [2.24, 2.45) is 5.41 Å². The molecule has 0 aliphatic carbocycles. The van der Waals surface area contributed by atoms with Crippen LogP contribution in [0, 0.1) is 17.0 Å². The average molecular weight is 539 g/mol. The minimum atomic E-state index is -1.54. The Morgan fingerprint density at radius 2 is 1.67 bits per heavy atom. The Morgan fingerprint density at radius 1 is 1.03 bits per heavy atom. The molecule has 1 fully saturated rings. The van der Waals surface area contributed by atoms with Gasteiger partial charge in [0.2, 0.25) is 5.91 Å². The first-order chi connectivity index (χ1) is 16.6. The van der Waals surface area contributed by atoms with Crippen LogP contribution in [0.2, 0.25) is 10.0 Å². The van der Waals surface area contributed by atoms with Crippen LogP contribution in [0.25, 0.3) is 0 Å². The van der Waals surface area contributed by atoms with E-state index in [0.717, 1.165) is 0 Å². The van der Waals surface area contributed by atoms with E-state index >= 15 is 8.78 Å². The summed E-state index contributed by atoms with van der Waals surface area (Å²) in [6, 6.07) is 5.63. The fraction of sp³-hybridized carbons (Fsp3) is 0.481. The fourth-order valence-electron chi connectivity index (χ4n) is 5.52. The number of anilines is 1. The minimum Gasteiger partial charge on any atom is -0.459 e. The topological polar surface area (TPSA) is 67.4 Å². The van der Waals surface area contributed by atoms with Gasteiger partial charge in [-0.1, -0.05) is 62.2 Å². The molecule has 2 heterocycles. The number of esters is 1. The quantitative estimate of drug-likeness (QED) is 0.446. The molecule has 4 atom stereocenters. The molecule has 36 heavy (non-hydrogen) atoms. The smallest absolute Gasteiger partial charge is 0.324 e. The van der Waals surface area contributed by atoms with Crippen LogP contribution in [0.3, 0.4) is 0 Å². The Labute approximate surface area is 219 Å². The van der Waals surface area contributed by atoms with Gasteiger partial charge in [-0.15, -0.1) is 0 Å². The van der Waals surface area contributed by atoms with Gasteiger partial charge in [0.1, 0.15) is 22.9 Å². The molecule has 1 unspecified atom stereocenters. The second-order valence-corrected chi connectivity index (χ2v) is 12.5. The molecule has 2 aromatic carbocycles. The first-order valence-corrected chi connectivity index (χ1v) is 12.6. The van der Waals surface area contributed by atoms with E-state index < -0.39 is 52.5 Å². The summed E-state index contributed by atoms with van der Waals surface area (Å²) in [5.41, 5.74) is -2.36. The van der Waals surface area contributed by atoms with Crippen molar-refractivity contribution in [3.05, 3.63) is 63.1 Å². The molecule has 1 saturated heterocycles. The van der Waals surface area contributed by atoms with Gasteiger partial charge in [0, 0.05) is 12.0 Å². The monoisotopic (exact) mass is 538 g/mol. The summed E-state index contributed by atoms with van der Waals surface area (Å²) in [7, 11) is 0. The van der Waals surface area contributed by atoms with E-state index in [9.17, 15) is 9.59 Å². The lowest BCUT2D eigenvalue weighted by Crippen LogP contribution is -2.49. The lowest BCUT2D eigenvalue weighted by Gasteiger charge is -2.37. The molecular weight excluding hydrogens is 509 g/mol. The van der Waals surface area contributed by atoms with Gasteiger partial charge in [0.15, 0.2) is 5.82 Å². The van der Waals surface area contributed by atoms with Crippen LogP contribution < -0.4 is 10.6 Å². The molecule has 1 spiro atoms. The molecule has 4 rings (SSSR count). The van der Waals surface area contributed by atoms with Gasteiger partial charge in [-0.25, -0.2) is 8.78 Å². The molecule has 194 valence electrons. The zero-order valence-electron chi connectivity index (χ0n) is 21.1. The Hall–Kier alpha value is -2.22. The summed E-state index contributed by atoms with van der Waals surface area (Å²) in [5.74, 6) is -3.79. The number of benzene rings is 2. The number of hydrogen-bond donors (Lipinski definition) is 2. The number of halogens is 4. The number of carbonyl (C=O) groups is 2. The van der Waals surface area contributed by atoms with Gasteiger partial charge in [-0.05, 0) is 55.9 Å². The predicted molar refractivity (Wildman–Crippen MR) is 136 cm³/mol. The molecule has 1 amide bonds. The third kappa shape index (κ3) is 4.39. The van der Waals surface area contributed by atoms with Gasteiger partial charge in [0.05, 0.1) is 15.7 Å². The summed E-state index contributed by atoms with van der Waals surface area (Å²) in [4.78, 5) is 27.5. The van der Waals surface area contributed by atoms with E-state index in [-0.39, 0.29) is 26.7 Å². The number of amides is 1. The molecule has 2 aliphatic rings. The van der Waals surface area contributed by atoms with Crippen molar-refractivity contribution in [2.45, 2.75) is 77.0 Å². The Kier molecular flexibility index (Phi) is 6.68. The lowest BCUT2D eigenvalue weighted by molar-refractivity contribution is -0.157. The van der Waals surface area contributed by atoms with Gasteiger partial charge in [-0.3, -0.25) is 14.9 Å². The summed E-state index contributed by atoms with van der Waals surface area (Å²) in [6.07, 6.45) is 0.419. The van der Waals surface area contributed by atoms with Gasteiger partial charge in [-0.2, -0.15) is 0 Å². The summed E-state index contributed by atoms with van der Waals surface area (Å²) in [6.45, 7) is 11.2. The van der Waals surface area contributed by atoms with Crippen LogP contribution in [0.4, 0.5) is 14.5 Å². The molecule has 0 bridgehead atoms. The van der Waals surface area contributed by atoms with Crippen molar-refractivity contribution in [3.63, 3.8) is 0 Å². The first kappa shape index (κ1) is 26.8. The van der Waals surface area contributed by atoms with Crippen molar-refractivity contribution < 1.29 is 23.1 Å². The Balaban J connectivity index is 2.04. The molecule has 0 saturated carbocycles. The summed E-state index contributed by atoms with van der Waals surface area (Å²) >= 11 is 12.2. The van der Waals surface area contributed by atoms with Gasteiger partial charge in [0.25, 0.3) is 0 Å². The number of rotatable bonds is 3. The molecule has 2 aromatic rings. The normalized spacial score (nSPS) is 25.7. The molecule has 0 radical (unpaired) electrons. The van der Waals surface area contributed by atoms with Crippen LogP contribution in [0.15, 0.2) is 30.3 Å². The van der Waals surface area contributed by atoms with Crippen LogP contribution in [0.5, 0.6) is 0 Å². The van der Waals surface area contributed by atoms with E-state index in [0.29, 0.717) is 12.0 Å². The molecule has 0 aromatic heterocycles. The highest BCUT2D eigenvalue weighted by atomic mass is 35.5. The predicted octanol–water partition coefficient (Wildman–Crippen LogP) is 6.36. The maximum absolute atomic E-state index is 15.6. The van der Waals surface area contributed by atoms with Crippen molar-refractivity contribution in [1.29, 1.82) is 0 Å². The second-order valence-electron chi connectivity index (χ2n) is 11.7. The molecular formula is C27H30Cl2F2N2O3. The second kappa shape index (κ2) is 8.96. The molecule has 2 N–H and O–H groups in total. The number of ether oxygens (including phenoxy) is 1. The Morgan fingerprint density at radius 3 is 2.28 bits per heavy atom. The van der Waals surface area contributed by atoms with E-state index in [1.807, 2.05) is 20.8 Å². The molecule has 2 aliphatic heterocycles. The largest absolute Gasteiger partial charge is 0.459 e. The highest BCUT2D eigenvalue weighted by Gasteiger charge is 2.67. The van der Waals surface area contributed by atoms with E-state index in [2.05, 4.69) is 10.6 Å². The van der Waals surface area contributed by atoms with Crippen molar-refractivity contribution in [3.8, 4) is 0 Å². The number of nitrogens with one attached hydrogen (secondary N) is 2. The zero-order valence-corrected chi connectivity index (χ0v) is 22.6. The SMILES string of the molecule is CC(C)(C)C[C@@H]1N[C@@H](C(=O)OC(C)(C)C)[C@H](c2cccc(Cl)c2F)C12C(=O)Nc1c2ccc(Cl)c1F. The summed E-state index contributed by atoms with van der Waals surface area (Å²) < 4.78 is 36.5. The number of carbonyl (C=O) groups excluding carboxylic acids is 2. The average Bonchev–Trinajstić information content (AvgIpc) is 3.22.